The normalized spacial score (nSPS) is 11.7. The van der Waals surface area contributed by atoms with E-state index in [0.717, 1.165) is 18.9 Å². The topological polar surface area (TPSA) is 139 Å². The van der Waals surface area contributed by atoms with E-state index in [4.69, 9.17) is 11.7 Å². The van der Waals surface area contributed by atoms with Crippen LogP contribution in [0.25, 0.3) is 0 Å². The second-order valence-electron chi connectivity index (χ2n) is 9.63. The number of nitrogens with zero attached hydrogens (tertiary/aromatic N) is 1. The largest absolute Gasteiger partial charge is 0.305 e. The summed E-state index contributed by atoms with van der Waals surface area (Å²) >= 11 is 0. The maximum Gasteiger partial charge on any atom is 0.0464 e. The molecule has 0 bridgehead atoms. The summed E-state index contributed by atoms with van der Waals surface area (Å²) in [6, 6.07) is 0. The number of hydrazone groups is 1. The molecule has 0 fully saturated rings. The predicted molar refractivity (Wildman–Crippen MR) is 127 cm³/mol. The smallest absolute Gasteiger partial charge is 0.0464 e. The lowest BCUT2D eigenvalue weighted by molar-refractivity contribution is 0.438. The molecule has 0 aromatic heterocycles. The molecule has 28 heavy (non-hydrogen) atoms. The van der Waals surface area contributed by atoms with E-state index in [1.54, 1.807) is 7.05 Å². The maximum atomic E-state index is 5.06. The molecule has 0 amide bonds. The van der Waals surface area contributed by atoms with E-state index in [1.807, 2.05) is 20.8 Å². The van der Waals surface area contributed by atoms with Crippen LogP contribution in [0, 0.1) is 11.8 Å². The lowest BCUT2D eigenvalue weighted by atomic mass is 10.1. The summed E-state index contributed by atoms with van der Waals surface area (Å²) in [5, 5.41) is 4.33. The van der Waals surface area contributed by atoms with E-state index in [-0.39, 0.29) is 11.1 Å². The van der Waals surface area contributed by atoms with Gasteiger partial charge >= 0.3 is 0 Å². The number of rotatable bonds is 6. The number of hydrogen-bond donors (Lipinski definition) is 7. The second-order valence-corrected chi connectivity index (χ2v) is 9.63. The van der Waals surface area contributed by atoms with E-state index >= 15 is 0 Å². The first-order chi connectivity index (χ1) is 12.6. The fraction of sp³-hybridized carbons (Fsp3) is 0.950. The highest BCUT2D eigenvalue weighted by atomic mass is 15.3. The molecule has 0 radical (unpaired) electrons. The summed E-state index contributed by atoms with van der Waals surface area (Å²) in [5.74, 6) is 16.1. The molecule has 0 aliphatic carbocycles. The Labute approximate surface area is 176 Å². The van der Waals surface area contributed by atoms with Gasteiger partial charge in [-0.25, -0.2) is 0 Å². The molecule has 0 unspecified atom stereocenters. The van der Waals surface area contributed by atoms with Crippen LogP contribution in [0.5, 0.6) is 0 Å². The Balaban J connectivity index is -0.000000160. The van der Waals surface area contributed by atoms with Crippen molar-refractivity contribution in [1.82, 2.24) is 21.7 Å². The molecular weight excluding hydrogens is 352 g/mol. The van der Waals surface area contributed by atoms with Gasteiger partial charge < -0.3 is 5.43 Å². The summed E-state index contributed by atoms with van der Waals surface area (Å²) in [4.78, 5) is 0. The highest BCUT2D eigenvalue weighted by Gasteiger charge is 2.06. The fourth-order valence-electron chi connectivity index (χ4n) is 1.05. The summed E-state index contributed by atoms with van der Waals surface area (Å²) in [7, 11) is 1.65. The van der Waals surface area contributed by atoms with Gasteiger partial charge in [0.05, 0.1) is 0 Å². The average molecular weight is 407 g/mol. The zero-order valence-electron chi connectivity index (χ0n) is 21.0. The molecule has 0 aromatic carbocycles. The first kappa shape index (κ1) is 34.7. The first-order valence-electron chi connectivity index (χ1n) is 10.1. The van der Waals surface area contributed by atoms with Crippen molar-refractivity contribution in [1.29, 1.82) is 0 Å². The summed E-state index contributed by atoms with van der Waals surface area (Å²) in [5.41, 5.74) is 11.9. The number of nitrogens with two attached hydrogens (primary N) is 3. The highest BCUT2D eigenvalue weighted by molar-refractivity contribution is 5.81. The Hall–Kier alpha value is -0.770. The Morgan fingerprint density at radius 1 is 0.857 bits per heavy atom. The van der Waals surface area contributed by atoms with Gasteiger partial charge in [-0.15, -0.1) is 0 Å². The van der Waals surface area contributed by atoms with Crippen molar-refractivity contribution in [3.8, 4) is 0 Å². The summed E-state index contributed by atoms with van der Waals surface area (Å²) in [6.07, 6.45) is 2.32. The summed E-state index contributed by atoms with van der Waals surface area (Å²) in [6.45, 7) is 24.1. The van der Waals surface area contributed by atoms with Crippen LogP contribution >= 0.6 is 0 Å². The first-order valence-corrected chi connectivity index (χ1v) is 10.1. The van der Waals surface area contributed by atoms with Gasteiger partial charge in [0, 0.05) is 23.3 Å². The van der Waals surface area contributed by atoms with Crippen LogP contribution in [0.2, 0.25) is 0 Å². The molecule has 0 aliphatic heterocycles. The van der Waals surface area contributed by atoms with Crippen molar-refractivity contribution in [3.05, 3.63) is 0 Å². The van der Waals surface area contributed by atoms with Crippen LogP contribution in [-0.4, -0.2) is 30.4 Å². The minimum atomic E-state index is 0.0694. The monoisotopic (exact) mass is 406 g/mol. The zero-order valence-corrected chi connectivity index (χ0v) is 21.0. The van der Waals surface area contributed by atoms with Gasteiger partial charge in [0.15, 0.2) is 0 Å². The van der Waals surface area contributed by atoms with Gasteiger partial charge in [0.1, 0.15) is 0 Å². The van der Waals surface area contributed by atoms with Crippen molar-refractivity contribution in [2.45, 2.75) is 100 Å². The number of nitrogens with one attached hydrogen (secondary N) is 4. The standard InChI is InChI=1S/C11H24N2.2C4H12N2.CH6N2/c1-9(2)7-8-10(3)12-13-11(4,5)6;1-4(2,3)6-5;1-4(2)3-6-5;1-3-2/h9,13H,7-8H2,1-6H3;6H,5H2,1-3H3;4,6H,3,5H2,1-2H3;3H,2H2,1H3. The molecule has 0 spiro atoms. The lowest BCUT2D eigenvalue weighted by Gasteiger charge is -2.18. The number of hydrogen-bond acceptors (Lipinski definition) is 8. The van der Waals surface area contributed by atoms with E-state index in [1.165, 1.54) is 12.1 Å². The quantitative estimate of drug-likeness (QED) is 0.204. The molecule has 0 saturated heterocycles. The molecule has 8 heteroatoms. The molecule has 174 valence electrons. The molecule has 8 nitrogen and oxygen atoms in total. The van der Waals surface area contributed by atoms with Gasteiger partial charge in [-0.1, -0.05) is 27.7 Å². The Morgan fingerprint density at radius 3 is 1.43 bits per heavy atom. The van der Waals surface area contributed by atoms with Crippen molar-refractivity contribution >= 4 is 5.71 Å². The van der Waals surface area contributed by atoms with Crippen molar-refractivity contribution in [3.63, 3.8) is 0 Å². The molecule has 10 N–H and O–H groups in total. The van der Waals surface area contributed by atoms with Gasteiger partial charge in [0.25, 0.3) is 0 Å². The third-order valence-corrected chi connectivity index (χ3v) is 2.62. The second kappa shape index (κ2) is 21.0. The Morgan fingerprint density at radius 2 is 1.25 bits per heavy atom. The van der Waals surface area contributed by atoms with E-state index in [9.17, 15) is 0 Å². The van der Waals surface area contributed by atoms with Crippen molar-refractivity contribution in [2.24, 2.45) is 34.5 Å². The number of hydrazine groups is 3. The van der Waals surface area contributed by atoms with Crippen LogP contribution in [0.15, 0.2) is 5.10 Å². The Bertz CT molecular complexity index is 328. The Kier molecular flexibility index (Phi) is 26.0. The van der Waals surface area contributed by atoms with E-state index in [2.05, 4.69) is 88.0 Å². The minimum Gasteiger partial charge on any atom is -0.305 e. The highest BCUT2D eigenvalue weighted by Crippen LogP contribution is 2.05. The molecule has 0 heterocycles. The van der Waals surface area contributed by atoms with Crippen molar-refractivity contribution in [2.75, 3.05) is 13.6 Å². The molecule has 0 rings (SSSR count). The average Bonchev–Trinajstić information content (AvgIpc) is 2.51. The SMILES string of the molecule is CC(C)(C)NN.CC(C)CNN.CC(CCC(C)C)=NNC(C)(C)C.CNN. The van der Waals surface area contributed by atoms with Crippen LogP contribution in [-0.2, 0) is 0 Å². The van der Waals surface area contributed by atoms with Crippen LogP contribution < -0.4 is 39.2 Å². The lowest BCUT2D eigenvalue weighted by Crippen LogP contribution is -2.41. The molecule has 0 aromatic rings. The van der Waals surface area contributed by atoms with Crippen LogP contribution in [0.1, 0.15) is 89.0 Å². The van der Waals surface area contributed by atoms with Gasteiger partial charge in [-0.2, -0.15) is 5.10 Å². The summed E-state index contributed by atoms with van der Waals surface area (Å²) < 4.78 is 0. The fourth-order valence-corrected chi connectivity index (χ4v) is 1.05. The molecule has 0 atom stereocenters. The molecular formula is C20H54N8. The van der Waals surface area contributed by atoms with Gasteiger partial charge in [0.2, 0.25) is 0 Å². The maximum absolute atomic E-state index is 5.06. The van der Waals surface area contributed by atoms with Crippen LogP contribution in [0.4, 0.5) is 0 Å². The third-order valence-electron chi connectivity index (χ3n) is 2.62. The molecule has 0 aliphatic rings. The molecule has 0 saturated carbocycles. The third kappa shape index (κ3) is 56.2. The van der Waals surface area contributed by atoms with Crippen molar-refractivity contribution < 1.29 is 0 Å². The predicted octanol–water partition coefficient (Wildman–Crippen LogP) is 2.62. The van der Waals surface area contributed by atoms with Crippen LogP contribution in [0.3, 0.4) is 0 Å². The zero-order chi connectivity index (χ0) is 23.4. The van der Waals surface area contributed by atoms with E-state index in [0.29, 0.717) is 5.92 Å². The van der Waals surface area contributed by atoms with Gasteiger partial charge in [-0.3, -0.25) is 33.8 Å². The minimum absolute atomic E-state index is 0.0694. The van der Waals surface area contributed by atoms with E-state index < -0.39 is 0 Å². The van der Waals surface area contributed by atoms with Gasteiger partial charge in [-0.05, 0) is 80.2 Å².